The lowest BCUT2D eigenvalue weighted by Crippen LogP contribution is -2.09. The Morgan fingerprint density at radius 2 is 0.648 bits per heavy atom. The zero-order chi connectivity index (χ0) is 35.8. The van der Waals surface area contributed by atoms with E-state index in [1.165, 1.54) is 73.1 Å². The summed E-state index contributed by atoms with van der Waals surface area (Å²) < 4.78 is 2.66. The topological polar surface area (TPSA) is 3.24 Å². The van der Waals surface area contributed by atoms with E-state index in [1.807, 2.05) is 34.0 Å². The van der Waals surface area contributed by atoms with Crippen molar-refractivity contribution in [3.63, 3.8) is 0 Å². The fourth-order valence-corrected chi connectivity index (χ4v) is 10.3. The first-order chi connectivity index (χ1) is 26.7. The highest BCUT2D eigenvalue weighted by molar-refractivity contribution is 7.25. The molecule has 0 aliphatic heterocycles. The molecule has 1 nitrogen and oxygen atoms in total. The Morgan fingerprint density at radius 1 is 0.259 bits per heavy atom. The largest absolute Gasteiger partial charge is 0.311 e. The van der Waals surface area contributed by atoms with Gasteiger partial charge in [-0.15, -0.1) is 34.0 Å². The summed E-state index contributed by atoms with van der Waals surface area (Å²) in [5, 5.41) is 2.65. The fourth-order valence-electron chi connectivity index (χ4n) is 7.21. The van der Waals surface area contributed by atoms with Gasteiger partial charge in [-0.25, -0.2) is 0 Å². The summed E-state index contributed by atoms with van der Waals surface area (Å²) in [5.74, 6) is 0. The molecule has 0 aliphatic rings. The molecule has 0 spiro atoms. The number of thiophene rings is 3. The van der Waals surface area contributed by atoms with Crippen molar-refractivity contribution in [3.8, 4) is 52.9 Å². The Kier molecular flexibility index (Phi) is 8.49. The van der Waals surface area contributed by atoms with E-state index in [1.54, 1.807) is 0 Å². The molecule has 10 aromatic rings. The van der Waals surface area contributed by atoms with Gasteiger partial charge in [0, 0.05) is 56.7 Å². The summed E-state index contributed by atoms with van der Waals surface area (Å²) in [4.78, 5) is 7.46. The zero-order valence-electron chi connectivity index (χ0n) is 29.2. The lowest BCUT2D eigenvalue weighted by atomic mass is 10.0. The van der Waals surface area contributed by atoms with E-state index in [-0.39, 0.29) is 0 Å². The fraction of sp³-hybridized carbons (Fsp3) is 0. The second kappa shape index (κ2) is 14.1. The van der Waals surface area contributed by atoms with Gasteiger partial charge in [-0.2, -0.15) is 0 Å². The van der Waals surface area contributed by atoms with Crippen LogP contribution in [-0.4, -0.2) is 0 Å². The van der Waals surface area contributed by atoms with E-state index < -0.39 is 0 Å². The molecule has 0 atom stereocenters. The first-order valence-electron chi connectivity index (χ1n) is 18.1. The Bertz CT molecular complexity index is 2720. The summed E-state index contributed by atoms with van der Waals surface area (Å²) in [6.45, 7) is 0. The van der Waals surface area contributed by atoms with Crippen LogP contribution >= 0.6 is 34.0 Å². The molecule has 3 heterocycles. The van der Waals surface area contributed by atoms with Crippen LogP contribution in [0.3, 0.4) is 0 Å². The highest BCUT2D eigenvalue weighted by Crippen LogP contribution is 2.42. The van der Waals surface area contributed by atoms with Gasteiger partial charge in [-0.05, 0) is 112 Å². The average Bonchev–Trinajstić information content (AvgIpc) is 4.02. The van der Waals surface area contributed by atoms with Crippen LogP contribution < -0.4 is 4.90 Å². The van der Waals surface area contributed by atoms with Gasteiger partial charge in [0.15, 0.2) is 0 Å². The minimum Gasteiger partial charge on any atom is -0.311 e. The van der Waals surface area contributed by atoms with E-state index in [2.05, 4.69) is 205 Å². The predicted molar refractivity (Wildman–Crippen MR) is 237 cm³/mol. The zero-order valence-corrected chi connectivity index (χ0v) is 31.7. The molecule has 0 saturated heterocycles. The van der Waals surface area contributed by atoms with Crippen molar-refractivity contribution in [2.24, 2.45) is 0 Å². The molecular formula is C50H33NS3. The molecule has 4 heteroatoms. The number of benzene rings is 7. The second-order valence-corrected chi connectivity index (χ2v) is 16.6. The first-order valence-corrected chi connectivity index (χ1v) is 20.5. The molecule has 7 aromatic carbocycles. The summed E-state index contributed by atoms with van der Waals surface area (Å²) >= 11 is 5.53. The Hall–Kier alpha value is -6.04. The third-order valence-electron chi connectivity index (χ3n) is 9.98. The molecule has 0 fully saturated rings. The van der Waals surface area contributed by atoms with E-state index >= 15 is 0 Å². The average molecular weight is 744 g/mol. The Morgan fingerprint density at radius 3 is 1.15 bits per heavy atom. The van der Waals surface area contributed by atoms with Crippen LogP contribution in [0.4, 0.5) is 17.1 Å². The molecular weight excluding hydrogens is 711 g/mol. The van der Waals surface area contributed by atoms with Crippen LogP contribution in [0.1, 0.15) is 0 Å². The van der Waals surface area contributed by atoms with Crippen LogP contribution in [0.15, 0.2) is 200 Å². The number of hydrogen-bond donors (Lipinski definition) is 0. The van der Waals surface area contributed by atoms with E-state index in [4.69, 9.17) is 0 Å². The van der Waals surface area contributed by atoms with Crippen LogP contribution in [0.2, 0.25) is 0 Å². The molecule has 0 N–H and O–H groups in total. The first kappa shape index (κ1) is 32.6. The summed E-state index contributed by atoms with van der Waals surface area (Å²) in [7, 11) is 0. The lowest BCUT2D eigenvalue weighted by Gasteiger charge is -2.26. The van der Waals surface area contributed by atoms with Gasteiger partial charge in [0.25, 0.3) is 0 Å². The molecule has 256 valence electrons. The van der Waals surface area contributed by atoms with Gasteiger partial charge in [0.05, 0.1) is 0 Å². The highest BCUT2D eigenvalue weighted by Gasteiger charge is 2.15. The number of rotatable bonds is 8. The van der Waals surface area contributed by atoms with Crippen LogP contribution in [-0.2, 0) is 0 Å². The quantitative estimate of drug-likeness (QED) is 0.150. The standard InChI is InChI=1S/C50H33NS3/c1-3-9-35(10-4-1)45-29-31-47(52-45)37-17-24-41(25-18-37)51(42-26-19-38(20-27-42)48-32-30-46(53-48)36-11-5-2-6-12-36)40-22-15-34(16-23-40)39-21-28-50-44(33-39)43-13-7-8-14-49(43)54-50/h1-33H. The van der Waals surface area contributed by atoms with Gasteiger partial charge >= 0.3 is 0 Å². The summed E-state index contributed by atoms with van der Waals surface area (Å²) in [6.07, 6.45) is 0. The lowest BCUT2D eigenvalue weighted by molar-refractivity contribution is 1.28. The second-order valence-electron chi connectivity index (χ2n) is 13.3. The number of fused-ring (bicyclic) bond motifs is 3. The maximum absolute atomic E-state index is 2.36. The van der Waals surface area contributed by atoms with Gasteiger partial charge in [-0.3, -0.25) is 0 Å². The summed E-state index contributed by atoms with van der Waals surface area (Å²) in [6, 6.07) is 72.8. The Balaban J connectivity index is 0.993. The summed E-state index contributed by atoms with van der Waals surface area (Å²) in [5.41, 5.74) is 10.7. The predicted octanol–water partition coefficient (Wildman–Crippen LogP) is 16.0. The monoisotopic (exact) mass is 743 g/mol. The van der Waals surface area contributed by atoms with Crippen molar-refractivity contribution in [2.75, 3.05) is 4.90 Å². The van der Waals surface area contributed by atoms with Gasteiger partial charge in [-0.1, -0.05) is 121 Å². The van der Waals surface area contributed by atoms with Crippen molar-refractivity contribution in [2.45, 2.75) is 0 Å². The highest BCUT2D eigenvalue weighted by atomic mass is 32.1. The van der Waals surface area contributed by atoms with Crippen LogP contribution in [0, 0.1) is 0 Å². The van der Waals surface area contributed by atoms with E-state index in [0.29, 0.717) is 0 Å². The van der Waals surface area contributed by atoms with Crippen molar-refractivity contribution in [3.05, 3.63) is 200 Å². The van der Waals surface area contributed by atoms with Crippen molar-refractivity contribution in [1.82, 2.24) is 0 Å². The third kappa shape index (κ3) is 6.25. The normalized spacial score (nSPS) is 11.3. The van der Waals surface area contributed by atoms with Gasteiger partial charge in [0.1, 0.15) is 0 Å². The molecule has 0 aliphatic carbocycles. The van der Waals surface area contributed by atoms with Crippen molar-refractivity contribution in [1.29, 1.82) is 0 Å². The molecule has 0 saturated carbocycles. The minimum absolute atomic E-state index is 1.12. The van der Waals surface area contributed by atoms with Crippen LogP contribution in [0.5, 0.6) is 0 Å². The smallest absolute Gasteiger partial charge is 0.0462 e. The van der Waals surface area contributed by atoms with E-state index in [9.17, 15) is 0 Å². The molecule has 10 rings (SSSR count). The molecule has 0 unspecified atom stereocenters. The van der Waals surface area contributed by atoms with Gasteiger partial charge in [0.2, 0.25) is 0 Å². The van der Waals surface area contributed by atoms with Crippen molar-refractivity contribution >= 4 is 71.2 Å². The molecule has 54 heavy (non-hydrogen) atoms. The minimum atomic E-state index is 1.12. The third-order valence-corrected chi connectivity index (χ3v) is 13.5. The van der Waals surface area contributed by atoms with E-state index in [0.717, 1.165) is 17.1 Å². The number of anilines is 3. The van der Waals surface area contributed by atoms with Gasteiger partial charge < -0.3 is 4.90 Å². The number of nitrogens with zero attached hydrogens (tertiary/aromatic N) is 1. The molecule has 3 aromatic heterocycles. The maximum atomic E-state index is 2.36. The Labute approximate surface area is 327 Å². The molecule has 0 amide bonds. The van der Waals surface area contributed by atoms with Crippen molar-refractivity contribution < 1.29 is 0 Å². The SMILES string of the molecule is c1ccc(-c2ccc(-c3ccc(N(c4ccc(-c5ccc6sc7ccccc7c6c5)cc4)c4ccc(-c5ccc(-c6ccccc6)s5)cc4)cc3)s2)cc1. The molecule has 0 radical (unpaired) electrons. The number of hydrogen-bond acceptors (Lipinski definition) is 4. The molecule has 0 bridgehead atoms. The van der Waals surface area contributed by atoms with Crippen LogP contribution in [0.25, 0.3) is 73.1 Å². The maximum Gasteiger partial charge on any atom is 0.0462 e.